The van der Waals surface area contributed by atoms with Gasteiger partial charge in [0.25, 0.3) is 5.97 Å². The van der Waals surface area contributed by atoms with Crippen LogP contribution in [0, 0.1) is 0 Å². The Labute approximate surface area is 82.2 Å². The van der Waals surface area contributed by atoms with Gasteiger partial charge < -0.3 is 25.5 Å². The maximum Gasteiger partial charge on any atom is 0.331 e. The second-order valence-corrected chi connectivity index (χ2v) is 3.74. The molecule has 0 aromatic carbocycles. The van der Waals surface area contributed by atoms with E-state index in [0.29, 0.717) is 0 Å². The summed E-state index contributed by atoms with van der Waals surface area (Å²) in [6.07, 6.45) is -0.00472. The molecule has 0 heterocycles. The van der Waals surface area contributed by atoms with E-state index in [9.17, 15) is 9.67 Å². The first kappa shape index (κ1) is 14.4. The zero-order valence-electron chi connectivity index (χ0n) is 7.16. The van der Waals surface area contributed by atoms with E-state index < -0.39 is 22.8 Å². The number of nitrogens with two attached hydrogens (primary N) is 1. The minimum atomic E-state index is -3.44. The predicted octanol–water partition coefficient (Wildman–Crippen LogP) is -1.00. The lowest BCUT2D eigenvalue weighted by Crippen LogP contribution is -2.32. The molecule has 0 radical (unpaired) electrons. The van der Waals surface area contributed by atoms with Gasteiger partial charge in [-0.05, 0) is 13.0 Å². The molecule has 0 saturated heterocycles. The van der Waals surface area contributed by atoms with Crippen molar-refractivity contribution < 1.29 is 33.4 Å². The molecule has 6 N–H and O–H groups in total. The summed E-state index contributed by atoms with van der Waals surface area (Å²) in [5.41, 5.74) is 5.12. The molecule has 10 heteroatoms. The molecule has 0 aliphatic carbocycles. The molecule has 0 aliphatic rings. The summed E-state index contributed by atoms with van der Waals surface area (Å²) in [4.78, 5) is 25.3. The topological polar surface area (TPSA) is 142 Å². The number of hydrogen-bond acceptors (Lipinski definition) is 7. The van der Waals surface area contributed by atoms with Crippen LogP contribution in [-0.4, -0.2) is 32.3 Å². The number of rotatable bonds is 7. The average Bonchev–Trinajstić information content (AvgIpc) is 1.97. The monoisotopic (exact) mass is 249 g/mol. The second kappa shape index (κ2) is 6.79. The highest BCUT2D eigenvalue weighted by Gasteiger charge is 2.34. The van der Waals surface area contributed by atoms with E-state index in [-0.39, 0.29) is 19.4 Å². The zero-order chi connectivity index (χ0) is 11.2. The summed E-state index contributed by atoms with van der Waals surface area (Å²) < 4.78 is 18.6. The quantitative estimate of drug-likeness (QED) is 0.285. The van der Waals surface area contributed by atoms with Crippen LogP contribution in [-0.2, 0) is 13.6 Å². The lowest BCUT2D eigenvalue weighted by molar-refractivity contribution is -0.279. The molecule has 0 aliphatic heterocycles. The van der Waals surface area contributed by atoms with Gasteiger partial charge in [-0.15, -0.1) is 0 Å². The van der Waals surface area contributed by atoms with E-state index in [0.717, 1.165) is 0 Å². The van der Waals surface area contributed by atoms with E-state index in [1.165, 1.54) is 0 Å². The molecular weight excluding hydrogens is 236 g/mol. The summed E-state index contributed by atoms with van der Waals surface area (Å²) in [5, 5.41) is 9.34. The molecule has 0 fully saturated rings. The van der Waals surface area contributed by atoms with Crippen molar-refractivity contribution in [3.63, 3.8) is 0 Å². The van der Waals surface area contributed by atoms with E-state index in [4.69, 9.17) is 20.4 Å². The van der Waals surface area contributed by atoms with E-state index in [1.807, 2.05) is 0 Å². The first-order valence-electron chi connectivity index (χ1n) is 3.61. The lowest BCUT2D eigenvalue weighted by atomic mass is 10.3. The summed E-state index contributed by atoms with van der Waals surface area (Å²) in [7, 11) is -6.33. The Bertz CT molecular complexity index is 191. The lowest BCUT2D eigenvalue weighted by Gasteiger charge is -2.25. The minimum absolute atomic E-state index is 0.191. The highest BCUT2D eigenvalue weighted by atomic mass is 31.2. The Morgan fingerprint density at radius 3 is 2.43 bits per heavy atom. The van der Waals surface area contributed by atoms with Crippen molar-refractivity contribution in [1.29, 1.82) is 0 Å². The minimum Gasteiger partial charge on any atom is -0.343 e. The molecule has 0 saturated carbocycles. The number of hydrogen-bond donors (Lipinski definition) is 5. The van der Waals surface area contributed by atoms with Crippen LogP contribution in [0.1, 0.15) is 12.8 Å². The maximum absolute atomic E-state index is 10.3. The van der Waals surface area contributed by atoms with Gasteiger partial charge in [-0.2, -0.15) is 0 Å². The molecule has 8 nitrogen and oxygen atoms in total. The van der Waals surface area contributed by atoms with Crippen molar-refractivity contribution in [3.05, 3.63) is 0 Å². The molecule has 2 atom stereocenters. The van der Waals surface area contributed by atoms with Crippen molar-refractivity contribution in [2.45, 2.75) is 18.8 Å². The Kier molecular flexibility index (Phi) is 6.97. The van der Waals surface area contributed by atoms with Gasteiger partial charge in [0.2, 0.25) is 0 Å². The fraction of sp³-hybridized carbons (Fsp3) is 1.00. The van der Waals surface area contributed by atoms with Gasteiger partial charge in [0.1, 0.15) is 0 Å². The molecule has 14 heavy (non-hydrogen) atoms. The third kappa shape index (κ3) is 6.78. The van der Waals surface area contributed by atoms with Crippen molar-refractivity contribution in [1.82, 2.24) is 0 Å². The highest BCUT2D eigenvalue weighted by molar-refractivity contribution is 7.39. The molecule has 0 amide bonds. The Hall–Kier alpha value is 0.380. The molecular formula is C4H13NO7P2. The van der Waals surface area contributed by atoms with E-state index >= 15 is 0 Å². The van der Waals surface area contributed by atoms with Crippen LogP contribution in [0.25, 0.3) is 0 Å². The van der Waals surface area contributed by atoms with Gasteiger partial charge in [-0.1, -0.05) is 0 Å². The van der Waals surface area contributed by atoms with E-state index in [2.05, 4.69) is 9.05 Å². The fourth-order valence-electron chi connectivity index (χ4n) is 0.705. The zero-order valence-corrected chi connectivity index (χ0v) is 9.05. The summed E-state index contributed by atoms with van der Waals surface area (Å²) >= 11 is 0. The SMILES string of the molecule is NCCCC(O)(OP(O)O)O[PH](=O)O. The fourth-order valence-corrected chi connectivity index (χ4v) is 1.58. The largest absolute Gasteiger partial charge is 0.343 e. The van der Waals surface area contributed by atoms with Gasteiger partial charge in [0.15, 0.2) is 0 Å². The summed E-state index contributed by atoms with van der Waals surface area (Å²) in [6, 6.07) is 0. The van der Waals surface area contributed by atoms with Gasteiger partial charge in [-0.25, -0.2) is 0 Å². The van der Waals surface area contributed by atoms with Gasteiger partial charge in [-0.3, -0.25) is 13.6 Å². The molecule has 0 spiro atoms. The Balaban J connectivity index is 4.24. The van der Waals surface area contributed by atoms with Crippen LogP contribution in [0.5, 0.6) is 0 Å². The first-order valence-corrected chi connectivity index (χ1v) is 6.04. The molecule has 2 unspecified atom stereocenters. The average molecular weight is 249 g/mol. The van der Waals surface area contributed by atoms with E-state index in [1.54, 1.807) is 0 Å². The third-order valence-corrected chi connectivity index (χ3v) is 2.11. The van der Waals surface area contributed by atoms with Gasteiger partial charge >= 0.3 is 16.9 Å². The van der Waals surface area contributed by atoms with Crippen LogP contribution in [0.4, 0.5) is 0 Å². The van der Waals surface area contributed by atoms with Crippen LogP contribution in [0.2, 0.25) is 0 Å². The van der Waals surface area contributed by atoms with Crippen molar-refractivity contribution in [2.75, 3.05) is 6.54 Å². The number of aliphatic hydroxyl groups is 1. The third-order valence-electron chi connectivity index (χ3n) is 1.17. The molecule has 86 valence electrons. The molecule has 0 aromatic rings. The highest BCUT2D eigenvalue weighted by Crippen LogP contribution is 2.38. The summed E-state index contributed by atoms with van der Waals surface area (Å²) in [5.74, 6) is -2.47. The van der Waals surface area contributed by atoms with Crippen LogP contribution in [0.3, 0.4) is 0 Å². The van der Waals surface area contributed by atoms with Crippen LogP contribution >= 0.6 is 16.9 Å². The normalized spacial score (nSPS) is 18.1. The molecule has 0 bridgehead atoms. The van der Waals surface area contributed by atoms with Crippen LogP contribution in [0.15, 0.2) is 0 Å². The predicted molar refractivity (Wildman–Crippen MR) is 48.0 cm³/mol. The van der Waals surface area contributed by atoms with Crippen molar-refractivity contribution in [2.24, 2.45) is 5.73 Å². The standard InChI is InChI=1S/C4H13NO7P2/c5-3-1-2-4(6,11-13(7)8)12-14(9)10/h6-8,14H,1-3,5H2,(H,9,10). The summed E-state index contributed by atoms with van der Waals surface area (Å²) in [6.45, 7) is 0.191. The Morgan fingerprint density at radius 2 is 2.07 bits per heavy atom. The Morgan fingerprint density at radius 1 is 1.50 bits per heavy atom. The smallest absolute Gasteiger partial charge is 0.331 e. The molecule has 0 aromatic heterocycles. The van der Waals surface area contributed by atoms with Crippen molar-refractivity contribution in [3.8, 4) is 0 Å². The maximum atomic E-state index is 10.3. The first-order chi connectivity index (χ1) is 6.39. The van der Waals surface area contributed by atoms with Crippen LogP contribution < -0.4 is 5.73 Å². The molecule has 0 rings (SSSR count). The van der Waals surface area contributed by atoms with Gasteiger partial charge in [0, 0.05) is 6.42 Å². The van der Waals surface area contributed by atoms with Crippen molar-refractivity contribution >= 4 is 16.9 Å². The second-order valence-electron chi connectivity index (χ2n) is 2.32. The van der Waals surface area contributed by atoms with Gasteiger partial charge in [0.05, 0.1) is 0 Å².